The van der Waals surface area contributed by atoms with Gasteiger partial charge in [-0.2, -0.15) is 15.0 Å². The lowest BCUT2D eigenvalue weighted by Gasteiger charge is -2.54. The van der Waals surface area contributed by atoms with Gasteiger partial charge in [0.2, 0.25) is 17.8 Å². The number of anilines is 4. The number of amides is 1. The Morgan fingerprint density at radius 1 is 0.750 bits per heavy atom. The van der Waals surface area contributed by atoms with Crippen LogP contribution in [0.15, 0.2) is 54.6 Å². The molecule has 4 aliphatic rings. The van der Waals surface area contributed by atoms with E-state index in [9.17, 15) is 4.79 Å². The molecule has 4 N–H and O–H groups in total. The van der Waals surface area contributed by atoms with Crippen molar-refractivity contribution in [3.63, 3.8) is 0 Å². The predicted molar refractivity (Wildman–Crippen MR) is 169 cm³/mol. The van der Waals surface area contributed by atoms with Crippen LogP contribution >= 0.6 is 0 Å². The molecule has 0 saturated heterocycles. The molecular formula is C33H43N7O4. The molecule has 0 aliphatic heterocycles. The van der Waals surface area contributed by atoms with Gasteiger partial charge in [-0.05, 0) is 92.2 Å². The molecule has 7 rings (SSSR count). The summed E-state index contributed by atoms with van der Waals surface area (Å²) in [5.74, 6) is 5.48. The molecule has 4 aliphatic carbocycles. The highest BCUT2D eigenvalue weighted by atomic mass is 16.5. The molecule has 1 amide bonds. The van der Waals surface area contributed by atoms with Crippen LogP contribution < -0.4 is 26.0 Å². The molecule has 1 aromatic heterocycles. The molecule has 234 valence electrons. The SMILES string of the molecule is COc1ccc(Nc2nc(NCCOCCOCCNC(=O)c3ccccc3)nc(NC3C4CC5CC(C4)CC3C5)n2)cc1. The molecule has 4 bridgehead atoms. The molecule has 0 atom stereocenters. The van der Waals surface area contributed by atoms with Crippen LogP contribution in [0.2, 0.25) is 0 Å². The van der Waals surface area contributed by atoms with Crippen LogP contribution in [-0.4, -0.2) is 73.5 Å². The van der Waals surface area contributed by atoms with E-state index < -0.39 is 0 Å². The van der Waals surface area contributed by atoms with Crippen LogP contribution in [0.25, 0.3) is 0 Å². The minimum absolute atomic E-state index is 0.103. The summed E-state index contributed by atoms with van der Waals surface area (Å²) in [4.78, 5) is 26.2. The smallest absolute Gasteiger partial charge is 0.251 e. The van der Waals surface area contributed by atoms with Gasteiger partial charge in [-0.25, -0.2) is 0 Å². The Morgan fingerprint density at radius 3 is 2.07 bits per heavy atom. The van der Waals surface area contributed by atoms with E-state index in [1.165, 1.54) is 32.1 Å². The van der Waals surface area contributed by atoms with Crippen LogP contribution in [-0.2, 0) is 9.47 Å². The van der Waals surface area contributed by atoms with E-state index in [4.69, 9.17) is 24.2 Å². The van der Waals surface area contributed by atoms with Gasteiger partial charge in [0.25, 0.3) is 5.91 Å². The number of hydrogen-bond acceptors (Lipinski definition) is 10. The summed E-state index contributed by atoms with van der Waals surface area (Å²) >= 11 is 0. The summed E-state index contributed by atoms with van der Waals surface area (Å²) in [6, 6.07) is 17.2. The average molecular weight is 602 g/mol. The Balaban J connectivity index is 0.966. The highest BCUT2D eigenvalue weighted by Gasteiger charge is 2.48. The maximum atomic E-state index is 12.1. The minimum Gasteiger partial charge on any atom is -0.497 e. The van der Waals surface area contributed by atoms with Gasteiger partial charge in [0.05, 0.1) is 33.5 Å². The van der Waals surface area contributed by atoms with E-state index in [2.05, 4.69) is 26.3 Å². The molecule has 4 fully saturated rings. The lowest BCUT2D eigenvalue weighted by atomic mass is 9.54. The minimum atomic E-state index is -0.103. The number of carbonyl (C=O) groups excluding carboxylic acids is 1. The van der Waals surface area contributed by atoms with Gasteiger partial charge < -0.3 is 35.5 Å². The van der Waals surface area contributed by atoms with Crippen LogP contribution in [0.3, 0.4) is 0 Å². The number of benzene rings is 2. The highest BCUT2D eigenvalue weighted by molar-refractivity contribution is 5.94. The fraction of sp³-hybridized carbons (Fsp3) is 0.515. The average Bonchev–Trinajstić information content (AvgIpc) is 3.04. The second-order valence-corrected chi connectivity index (χ2v) is 12.0. The van der Waals surface area contributed by atoms with Gasteiger partial charge in [-0.1, -0.05) is 18.2 Å². The summed E-state index contributed by atoms with van der Waals surface area (Å²) in [6.07, 6.45) is 6.71. The van der Waals surface area contributed by atoms with Crippen molar-refractivity contribution in [1.82, 2.24) is 20.3 Å². The molecule has 0 radical (unpaired) electrons. The van der Waals surface area contributed by atoms with Gasteiger partial charge in [0, 0.05) is 30.4 Å². The number of ether oxygens (including phenoxy) is 3. The molecule has 1 heterocycles. The number of methoxy groups -OCH3 is 1. The van der Waals surface area contributed by atoms with E-state index in [0.717, 1.165) is 23.3 Å². The molecular weight excluding hydrogens is 558 g/mol. The van der Waals surface area contributed by atoms with Crippen molar-refractivity contribution >= 4 is 29.4 Å². The second kappa shape index (κ2) is 14.7. The summed E-state index contributed by atoms with van der Waals surface area (Å²) in [7, 11) is 1.65. The quantitative estimate of drug-likeness (QED) is 0.171. The van der Waals surface area contributed by atoms with Gasteiger partial charge in [-0.15, -0.1) is 0 Å². The molecule has 4 saturated carbocycles. The van der Waals surface area contributed by atoms with E-state index in [0.29, 0.717) is 80.8 Å². The van der Waals surface area contributed by atoms with Crippen LogP contribution in [0.5, 0.6) is 5.75 Å². The van der Waals surface area contributed by atoms with Crippen molar-refractivity contribution in [2.45, 2.75) is 38.1 Å². The first-order chi connectivity index (χ1) is 21.6. The van der Waals surface area contributed by atoms with Crippen LogP contribution in [0.4, 0.5) is 23.5 Å². The Kier molecular flexibility index (Phi) is 10.0. The highest BCUT2D eigenvalue weighted by Crippen LogP contribution is 2.54. The lowest BCUT2D eigenvalue weighted by molar-refractivity contribution is 0.00728. The third kappa shape index (κ3) is 7.95. The van der Waals surface area contributed by atoms with Crippen molar-refractivity contribution in [3.8, 4) is 5.75 Å². The fourth-order valence-corrected chi connectivity index (χ4v) is 7.17. The van der Waals surface area contributed by atoms with Crippen LogP contribution in [0.1, 0.15) is 42.5 Å². The first-order valence-electron chi connectivity index (χ1n) is 15.8. The van der Waals surface area contributed by atoms with E-state index in [1.54, 1.807) is 19.2 Å². The van der Waals surface area contributed by atoms with Crippen molar-refractivity contribution < 1.29 is 19.0 Å². The molecule has 11 heteroatoms. The van der Waals surface area contributed by atoms with E-state index in [-0.39, 0.29) is 5.91 Å². The van der Waals surface area contributed by atoms with Crippen molar-refractivity contribution in [3.05, 3.63) is 60.2 Å². The number of carbonyl (C=O) groups is 1. The Labute approximate surface area is 258 Å². The van der Waals surface area contributed by atoms with Crippen LogP contribution in [0, 0.1) is 23.7 Å². The standard InChI is InChI=1S/C33H43N7O4/c1-42-28-9-7-27(8-10-28)36-32-38-31(39-33(40-32)37-29-25-18-22-17-23(20-25)21-26(29)19-22)35-12-14-44-16-15-43-13-11-34-30(41)24-5-3-2-4-6-24/h2-10,22-23,25-26,29H,11-21H2,1H3,(H,34,41)(H3,35,36,37,38,39,40). The molecule has 2 aromatic carbocycles. The number of nitrogens with zero attached hydrogens (tertiary/aromatic N) is 3. The van der Waals surface area contributed by atoms with Gasteiger partial charge >= 0.3 is 0 Å². The van der Waals surface area contributed by atoms with E-state index >= 15 is 0 Å². The Bertz CT molecular complexity index is 1330. The number of nitrogens with one attached hydrogen (secondary N) is 4. The van der Waals surface area contributed by atoms with Crippen molar-refractivity contribution in [1.29, 1.82) is 0 Å². The maximum absolute atomic E-state index is 12.1. The molecule has 3 aromatic rings. The molecule has 0 spiro atoms. The zero-order valence-corrected chi connectivity index (χ0v) is 25.3. The van der Waals surface area contributed by atoms with E-state index in [1.807, 2.05) is 42.5 Å². The third-order valence-corrected chi connectivity index (χ3v) is 8.97. The molecule has 11 nitrogen and oxygen atoms in total. The normalized spacial score (nSPS) is 23.2. The predicted octanol–water partition coefficient (Wildman–Crippen LogP) is 4.74. The third-order valence-electron chi connectivity index (χ3n) is 8.97. The first-order valence-corrected chi connectivity index (χ1v) is 15.8. The number of rotatable bonds is 16. The number of hydrogen-bond donors (Lipinski definition) is 4. The van der Waals surface area contributed by atoms with Gasteiger partial charge in [-0.3, -0.25) is 4.79 Å². The second-order valence-electron chi connectivity index (χ2n) is 12.0. The monoisotopic (exact) mass is 601 g/mol. The fourth-order valence-electron chi connectivity index (χ4n) is 7.17. The first kappa shape index (κ1) is 30.1. The summed E-state index contributed by atoms with van der Waals surface area (Å²) < 4.78 is 16.6. The summed E-state index contributed by atoms with van der Waals surface area (Å²) in [5, 5.41) is 13.2. The van der Waals surface area contributed by atoms with Crippen molar-refractivity contribution in [2.75, 3.05) is 62.6 Å². The Morgan fingerprint density at radius 2 is 1.39 bits per heavy atom. The Hall–Kier alpha value is -3.96. The summed E-state index contributed by atoms with van der Waals surface area (Å²) in [6.45, 7) is 2.78. The largest absolute Gasteiger partial charge is 0.497 e. The topological polar surface area (TPSA) is 132 Å². The molecule has 0 unspecified atom stereocenters. The molecule has 44 heavy (non-hydrogen) atoms. The zero-order valence-electron chi connectivity index (χ0n) is 25.3. The lowest BCUT2D eigenvalue weighted by Crippen LogP contribution is -2.51. The maximum Gasteiger partial charge on any atom is 0.251 e. The van der Waals surface area contributed by atoms with Gasteiger partial charge in [0.1, 0.15) is 5.75 Å². The summed E-state index contributed by atoms with van der Waals surface area (Å²) in [5.41, 5.74) is 1.51. The number of aromatic nitrogens is 3. The van der Waals surface area contributed by atoms with Crippen molar-refractivity contribution in [2.24, 2.45) is 23.7 Å². The zero-order chi connectivity index (χ0) is 30.1. The van der Waals surface area contributed by atoms with Gasteiger partial charge in [0.15, 0.2) is 0 Å².